The molecule has 5 rings (SSSR count). The van der Waals surface area contributed by atoms with Crippen molar-refractivity contribution in [1.82, 2.24) is 14.8 Å². The van der Waals surface area contributed by atoms with E-state index in [0.29, 0.717) is 33.8 Å². The Bertz CT molecular complexity index is 1540. The van der Waals surface area contributed by atoms with Crippen LogP contribution in [0.3, 0.4) is 0 Å². The fourth-order valence-electron chi connectivity index (χ4n) is 4.42. The Morgan fingerprint density at radius 1 is 1.03 bits per heavy atom. The van der Waals surface area contributed by atoms with Crippen molar-refractivity contribution in [2.75, 3.05) is 10.6 Å². The third-order valence-corrected chi connectivity index (χ3v) is 7.33. The topological polar surface area (TPSA) is 109 Å². The first-order valence-electron chi connectivity index (χ1n) is 12.1. The average molecular weight is 526 g/mol. The third kappa shape index (κ3) is 5.19. The van der Waals surface area contributed by atoms with Gasteiger partial charge in [0.15, 0.2) is 0 Å². The van der Waals surface area contributed by atoms with Crippen LogP contribution in [0, 0.1) is 13.8 Å². The van der Waals surface area contributed by atoms with E-state index in [2.05, 4.69) is 42.7 Å². The monoisotopic (exact) mass is 525 g/mol. The zero-order valence-electron chi connectivity index (χ0n) is 21.2. The van der Waals surface area contributed by atoms with Crippen LogP contribution >= 0.6 is 11.8 Å². The Labute approximate surface area is 224 Å². The number of hydrogen-bond donors (Lipinski definition) is 3. The summed E-state index contributed by atoms with van der Waals surface area (Å²) in [7, 11) is 0. The molecular formula is C29H27N5O3S. The fraction of sp³-hybridized carbons (Fsp3) is 0.172. The molecule has 3 aromatic carbocycles. The normalized spacial score (nSPS) is 14.6. The number of hydrogen-bond acceptors (Lipinski definition) is 6. The number of carbonyl (C=O) groups excluding carboxylic acids is 1. The summed E-state index contributed by atoms with van der Waals surface area (Å²) in [5.74, 6) is -0.0566. The van der Waals surface area contributed by atoms with Gasteiger partial charge in [0.1, 0.15) is 6.04 Å². The van der Waals surface area contributed by atoms with E-state index >= 15 is 0 Å². The van der Waals surface area contributed by atoms with E-state index < -0.39 is 12.0 Å². The lowest BCUT2D eigenvalue weighted by Gasteiger charge is -2.28. The smallest absolute Gasteiger partial charge is 0.335 e. The molecule has 1 aromatic heterocycles. The van der Waals surface area contributed by atoms with Crippen molar-refractivity contribution in [3.8, 4) is 0 Å². The molecule has 0 fully saturated rings. The molecule has 0 aliphatic carbocycles. The number of allylic oxidation sites excluding steroid dienone is 1. The summed E-state index contributed by atoms with van der Waals surface area (Å²) in [5, 5.41) is 20.9. The largest absolute Gasteiger partial charge is 0.478 e. The van der Waals surface area contributed by atoms with Gasteiger partial charge in [0, 0.05) is 17.1 Å². The molecule has 8 nitrogen and oxygen atoms in total. The van der Waals surface area contributed by atoms with Crippen molar-refractivity contribution in [3.63, 3.8) is 0 Å². The van der Waals surface area contributed by atoms with Gasteiger partial charge >= 0.3 is 5.97 Å². The second kappa shape index (κ2) is 10.5. The summed E-state index contributed by atoms with van der Waals surface area (Å²) in [6.45, 7) is 5.99. The fourth-order valence-corrected chi connectivity index (χ4v) is 5.31. The van der Waals surface area contributed by atoms with Crippen LogP contribution in [0.1, 0.15) is 45.6 Å². The average Bonchev–Trinajstić information content (AvgIpc) is 3.31. The summed E-state index contributed by atoms with van der Waals surface area (Å²) < 4.78 is 1.70. The zero-order chi connectivity index (χ0) is 26.8. The summed E-state index contributed by atoms with van der Waals surface area (Å²) in [6, 6.07) is 21.5. The van der Waals surface area contributed by atoms with E-state index in [4.69, 9.17) is 10.1 Å². The van der Waals surface area contributed by atoms with Crippen LogP contribution < -0.4 is 10.6 Å². The number of amides is 1. The van der Waals surface area contributed by atoms with Gasteiger partial charge < -0.3 is 15.7 Å². The van der Waals surface area contributed by atoms with E-state index in [1.54, 1.807) is 16.8 Å². The first-order chi connectivity index (χ1) is 18.3. The summed E-state index contributed by atoms with van der Waals surface area (Å²) >= 11 is 1.53. The maximum Gasteiger partial charge on any atom is 0.335 e. The second-order valence-corrected chi connectivity index (χ2v) is 10.1. The van der Waals surface area contributed by atoms with Crippen LogP contribution in [0.2, 0.25) is 0 Å². The maximum absolute atomic E-state index is 13.6. The molecule has 2 heterocycles. The number of nitrogens with one attached hydrogen (secondary N) is 2. The first kappa shape index (κ1) is 25.3. The molecule has 4 aromatic rings. The number of para-hydroxylation sites is 1. The highest BCUT2D eigenvalue weighted by Crippen LogP contribution is 2.37. The molecule has 3 N–H and O–H groups in total. The minimum atomic E-state index is -1.01. The van der Waals surface area contributed by atoms with Gasteiger partial charge in [0.25, 0.3) is 5.91 Å². The highest BCUT2D eigenvalue weighted by molar-refractivity contribution is 7.98. The number of fused-ring (bicyclic) bond motifs is 1. The van der Waals surface area contributed by atoms with Crippen molar-refractivity contribution in [2.24, 2.45) is 0 Å². The molecular weight excluding hydrogens is 498 g/mol. The number of benzene rings is 3. The Morgan fingerprint density at radius 2 is 1.76 bits per heavy atom. The number of carboxylic acid groups (broad SMARTS) is 1. The number of nitrogens with zero attached hydrogens (tertiary/aromatic N) is 3. The molecule has 1 amide bonds. The molecule has 9 heteroatoms. The maximum atomic E-state index is 13.6. The van der Waals surface area contributed by atoms with Gasteiger partial charge in [-0.3, -0.25) is 4.79 Å². The third-order valence-electron chi connectivity index (χ3n) is 6.44. The Morgan fingerprint density at radius 3 is 2.47 bits per heavy atom. The number of aryl methyl sites for hydroxylation is 2. The predicted octanol–water partition coefficient (Wildman–Crippen LogP) is 5.81. The van der Waals surface area contributed by atoms with Gasteiger partial charge in [-0.25, -0.2) is 9.48 Å². The van der Waals surface area contributed by atoms with Gasteiger partial charge in [-0.15, -0.1) is 5.10 Å². The Balaban J connectivity index is 1.50. The van der Waals surface area contributed by atoms with E-state index in [9.17, 15) is 14.7 Å². The van der Waals surface area contributed by atoms with Crippen molar-refractivity contribution >= 4 is 35.3 Å². The minimum absolute atomic E-state index is 0.169. The predicted molar refractivity (Wildman–Crippen MR) is 148 cm³/mol. The van der Waals surface area contributed by atoms with Crippen LogP contribution in [0.25, 0.3) is 0 Å². The first-order valence-corrected chi connectivity index (χ1v) is 13.1. The van der Waals surface area contributed by atoms with Gasteiger partial charge in [-0.2, -0.15) is 4.98 Å². The lowest BCUT2D eigenvalue weighted by molar-refractivity contribution is -0.113. The molecule has 0 unspecified atom stereocenters. The molecule has 0 saturated carbocycles. The molecule has 0 saturated heterocycles. The second-order valence-electron chi connectivity index (χ2n) is 9.19. The van der Waals surface area contributed by atoms with Crippen molar-refractivity contribution in [2.45, 2.75) is 37.7 Å². The number of carbonyl (C=O) groups is 2. The highest BCUT2D eigenvalue weighted by atomic mass is 32.2. The highest BCUT2D eigenvalue weighted by Gasteiger charge is 2.34. The number of thioether (sulfide) groups is 1. The molecule has 1 atom stereocenters. The zero-order valence-corrected chi connectivity index (χ0v) is 22.0. The molecule has 1 aliphatic rings. The lowest BCUT2D eigenvalue weighted by Crippen LogP contribution is -2.31. The SMILES string of the molecule is CC1=C(C(=O)Nc2ccccc2)[C@@H](c2ccc(C(=O)O)cc2)n2nc(SCc3cc(C)ccc3C)nc2N1. The number of carboxylic acids is 1. The van der Waals surface area contributed by atoms with Crippen molar-refractivity contribution in [1.29, 1.82) is 0 Å². The number of aromatic carboxylic acids is 1. The summed E-state index contributed by atoms with van der Waals surface area (Å²) in [6.07, 6.45) is 0. The summed E-state index contributed by atoms with van der Waals surface area (Å²) in [5.41, 5.74) is 6.31. The van der Waals surface area contributed by atoms with E-state index in [0.717, 1.165) is 5.56 Å². The van der Waals surface area contributed by atoms with Crippen molar-refractivity contribution in [3.05, 3.63) is 112 Å². The van der Waals surface area contributed by atoms with Gasteiger partial charge in [-0.05, 0) is 61.7 Å². The van der Waals surface area contributed by atoms with E-state index in [1.165, 1.54) is 40.6 Å². The summed E-state index contributed by atoms with van der Waals surface area (Å²) in [4.78, 5) is 29.7. The quantitative estimate of drug-likeness (QED) is 0.261. The van der Waals surface area contributed by atoms with Crippen LogP contribution in [0.15, 0.2) is 89.2 Å². The van der Waals surface area contributed by atoms with Crippen LogP contribution in [0.4, 0.5) is 11.6 Å². The van der Waals surface area contributed by atoms with Gasteiger partial charge in [0.05, 0.1) is 11.1 Å². The molecule has 0 spiro atoms. The minimum Gasteiger partial charge on any atom is -0.478 e. The van der Waals surface area contributed by atoms with Crippen LogP contribution in [-0.2, 0) is 10.5 Å². The van der Waals surface area contributed by atoms with Gasteiger partial charge in [-0.1, -0.05) is 65.9 Å². The molecule has 38 heavy (non-hydrogen) atoms. The molecule has 192 valence electrons. The number of rotatable bonds is 7. The van der Waals surface area contributed by atoms with E-state index in [-0.39, 0.29) is 11.5 Å². The molecule has 0 bridgehead atoms. The molecule has 1 aliphatic heterocycles. The van der Waals surface area contributed by atoms with Gasteiger partial charge in [0.2, 0.25) is 11.1 Å². The lowest BCUT2D eigenvalue weighted by atomic mass is 9.94. The molecule has 0 radical (unpaired) electrons. The number of anilines is 2. The number of aromatic nitrogens is 3. The Hall–Kier alpha value is -4.37. The van der Waals surface area contributed by atoms with Crippen molar-refractivity contribution < 1.29 is 14.7 Å². The van der Waals surface area contributed by atoms with E-state index in [1.807, 2.05) is 37.3 Å². The van der Waals surface area contributed by atoms with Crippen LogP contribution in [-0.4, -0.2) is 31.7 Å². The van der Waals surface area contributed by atoms with Crippen LogP contribution in [0.5, 0.6) is 0 Å². The Kier molecular flexibility index (Phi) is 7.02. The standard InChI is InChI=1S/C29H27N5O3S/c1-17-9-10-18(2)22(15-17)16-38-29-32-28-30-19(3)24(26(35)31-23-7-5-4-6-8-23)25(34(28)33-29)20-11-13-21(14-12-20)27(36)37/h4-15,25H,16H2,1-3H3,(H,31,35)(H,36,37)(H,30,32,33)/t25-/m1/s1.